The lowest BCUT2D eigenvalue weighted by atomic mass is 10.1. The number of hydrogen-bond acceptors (Lipinski definition) is 3. The van der Waals surface area contributed by atoms with Gasteiger partial charge in [-0.05, 0) is 44.0 Å². The van der Waals surface area contributed by atoms with Crippen molar-refractivity contribution in [3.63, 3.8) is 0 Å². The molecule has 31 heavy (non-hydrogen) atoms. The smallest absolute Gasteiger partial charge is 0.408 e. The Bertz CT molecular complexity index is 1050. The maximum Gasteiger partial charge on any atom is 0.415 e. The first-order valence-electron chi connectivity index (χ1n) is 10.6. The van der Waals surface area contributed by atoms with E-state index in [4.69, 9.17) is 4.74 Å². The summed E-state index contributed by atoms with van der Waals surface area (Å²) in [6.07, 6.45) is 4.14. The molecular weight excluding hydrogens is 390 g/mol. The second-order valence-electron chi connectivity index (χ2n) is 7.22. The topological polar surface area (TPSA) is 63.6 Å². The first-order valence-corrected chi connectivity index (χ1v) is 10.6. The summed E-state index contributed by atoms with van der Waals surface area (Å²) in [5, 5.41) is 3.78. The van der Waals surface area contributed by atoms with Crippen LogP contribution in [0.25, 0.3) is 10.9 Å². The SMILES string of the molecule is C=CCCC(=O)Nc1c(OC(=O)N(CC)CC)ccc2c1ccn2Cc1ccccc1. The molecule has 2 aromatic carbocycles. The number of nitrogens with zero attached hydrogens (tertiary/aromatic N) is 2. The Morgan fingerprint density at radius 2 is 1.84 bits per heavy atom. The van der Waals surface area contributed by atoms with E-state index in [0.717, 1.165) is 10.9 Å². The molecule has 6 nitrogen and oxygen atoms in total. The zero-order chi connectivity index (χ0) is 22.2. The fourth-order valence-electron chi connectivity index (χ4n) is 3.46. The Kier molecular flexibility index (Phi) is 7.49. The minimum atomic E-state index is -0.436. The van der Waals surface area contributed by atoms with Gasteiger partial charge in [-0.1, -0.05) is 36.4 Å². The molecule has 0 bridgehead atoms. The molecule has 0 fully saturated rings. The van der Waals surface area contributed by atoms with Gasteiger partial charge in [0, 0.05) is 37.6 Å². The average Bonchev–Trinajstić information content (AvgIpc) is 3.18. The molecule has 1 N–H and O–H groups in total. The highest BCUT2D eigenvalue weighted by Gasteiger charge is 2.19. The molecule has 0 radical (unpaired) electrons. The molecule has 1 aromatic heterocycles. The van der Waals surface area contributed by atoms with Gasteiger partial charge >= 0.3 is 6.09 Å². The number of nitrogens with one attached hydrogen (secondary N) is 1. The molecule has 2 amide bonds. The van der Waals surface area contributed by atoms with E-state index in [1.54, 1.807) is 17.0 Å². The molecule has 0 atom stereocenters. The molecule has 0 saturated carbocycles. The van der Waals surface area contributed by atoms with Crippen molar-refractivity contribution in [2.75, 3.05) is 18.4 Å². The maximum atomic E-state index is 12.5. The van der Waals surface area contributed by atoms with Crippen LogP contribution >= 0.6 is 0 Å². The van der Waals surface area contributed by atoms with Crippen LogP contribution in [0.1, 0.15) is 32.3 Å². The summed E-state index contributed by atoms with van der Waals surface area (Å²) in [5.41, 5.74) is 2.64. The van der Waals surface area contributed by atoms with E-state index in [0.29, 0.717) is 43.9 Å². The first kappa shape index (κ1) is 22.2. The van der Waals surface area contributed by atoms with E-state index in [-0.39, 0.29) is 5.91 Å². The Balaban J connectivity index is 1.98. The molecule has 0 aliphatic carbocycles. The van der Waals surface area contributed by atoms with Crippen LogP contribution in [-0.4, -0.2) is 34.6 Å². The molecule has 1 heterocycles. The van der Waals surface area contributed by atoms with Gasteiger partial charge < -0.3 is 19.5 Å². The standard InChI is InChI=1S/C25H29N3O3/c1-4-7-13-23(29)26-24-20-16-17-28(18-19-11-9-8-10-12-19)21(20)14-15-22(24)31-25(30)27(5-2)6-3/h4,8-12,14-17H,1,5-7,13,18H2,2-3H3,(H,26,29). The molecule has 3 rings (SSSR count). The number of allylic oxidation sites excluding steroid dienone is 1. The van der Waals surface area contributed by atoms with E-state index in [1.807, 2.05) is 50.4 Å². The lowest BCUT2D eigenvalue weighted by Crippen LogP contribution is -2.33. The van der Waals surface area contributed by atoms with Crippen molar-refractivity contribution in [3.8, 4) is 5.75 Å². The summed E-state index contributed by atoms with van der Waals surface area (Å²) in [6.45, 7) is 9.26. The van der Waals surface area contributed by atoms with Gasteiger partial charge in [-0.25, -0.2) is 4.79 Å². The second kappa shape index (κ2) is 10.5. The van der Waals surface area contributed by atoms with Crippen LogP contribution in [0.15, 0.2) is 67.4 Å². The molecular formula is C25H29N3O3. The Labute approximate surface area is 183 Å². The van der Waals surface area contributed by atoms with Gasteiger partial charge in [-0.2, -0.15) is 0 Å². The number of rotatable bonds is 9. The highest BCUT2D eigenvalue weighted by atomic mass is 16.6. The number of carbonyl (C=O) groups is 2. The number of carbonyl (C=O) groups excluding carboxylic acids is 2. The van der Waals surface area contributed by atoms with Crippen LogP contribution in [0.3, 0.4) is 0 Å². The van der Waals surface area contributed by atoms with Crippen LogP contribution in [0.4, 0.5) is 10.5 Å². The number of anilines is 1. The zero-order valence-electron chi connectivity index (χ0n) is 18.1. The monoisotopic (exact) mass is 419 g/mol. The van der Waals surface area contributed by atoms with E-state index >= 15 is 0 Å². The molecule has 0 spiro atoms. The van der Waals surface area contributed by atoms with Gasteiger partial charge in [0.2, 0.25) is 5.91 Å². The molecule has 3 aromatic rings. The highest BCUT2D eigenvalue weighted by Crippen LogP contribution is 2.35. The number of ether oxygens (including phenoxy) is 1. The number of hydrogen-bond donors (Lipinski definition) is 1. The fourth-order valence-corrected chi connectivity index (χ4v) is 3.46. The third-order valence-corrected chi connectivity index (χ3v) is 5.17. The van der Waals surface area contributed by atoms with Gasteiger partial charge in [0.15, 0.2) is 5.75 Å². The predicted molar refractivity (Wildman–Crippen MR) is 124 cm³/mol. The van der Waals surface area contributed by atoms with E-state index in [1.165, 1.54) is 5.56 Å². The fraction of sp³-hybridized carbons (Fsp3) is 0.280. The van der Waals surface area contributed by atoms with Gasteiger partial charge in [-0.3, -0.25) is 4.79 Å². The Morgan fingerprint density at radius 1 is 1.10 bits per heavy atom. The van der Waals surface area contributed by atoms with Crippen molar-refractivity contribution >= 4 is 28.6 Å². The van der Waals surface area contributed by atoms with Gasteiger partial charge in [0.05, 0.1) is 11.2 Å². The minimum absolute atomic E-state index is 0.150. The highest BCUT2D eigenvalue weighted by molar-refractivity contribution is 6.04. The lowest BCUT2D eigenvalue weighted by Gasteiger charge is -2.20. The van der Waals surface area contributed by atoms with Crippen LogP contribution in [-0.2, 0) is 11.3 Å². The number of aromatic nitrogens is 1. The Morgan fingerprint density at radius 3 is 2.52 bits per heavy atom. The minimum Gasteiger partial charge on any atom is -0.408 e. The molecule has 6 heteroatoms. The maximum absolute atomic E-state index is 12.5. The molecule has 0 aliphatic rings. The third kappa shape index (κ3) is 5.34. The lowest BCUT2D eigenvalue weighted by molar-refractivity contribution is -0.116. The van der Waals surface area contributed by atoms with Crippen LogP contribution < -0.4 is 10.1 Å². The van der Waals surface area contributed by atoms with E-state index < -0.39 is 6.09 Å². The normalized spacial score (nSPS) is 10.6. The van der Waals surface area contributed by atoms with E-state index in [9.17, 15) is 9.59 Å². The number of amides is 2. The van der Waals surface area contributed by atoms with Crippen molar-refractivity contribution in [3.05, 3.63) is 72.9 Å². The summed E-state index contributed by atoms with van der Waals surface area (Å²) in [7, 11) is 0. The van der Waals surface area contributed by atoms with Crippen molar-refractivity contribution in [2.24, 2.45) is 0 Å². The Hall–Kier alpha value is -3.54. The second-order valence-corrected chi connectivity index (χ2v) is 7.22. The summed E-state index contributed by atoms with van der Waals surface area (Å²) in [6, 6.07) is 15.8. The molecule has 0 unspecified atom stereocenters. The van der Waals surface area contributed by atoms with Gasteiger partial charge in [0.25, 0.3) is 0 Å². The summed E-state index contributed by atoms with van der Waals surface area (Å²) < 4.78 is 7.78. The van der Waals surface area contributed by atoms with Crippen LogP contribution in [0.2, 0.25) is 0 Å². The third-order valence-electron chi connectivity index (χ3n) is 5.17. The molecule has 0 aliphatic heterocycles. The predicted octanol–water partition coefficient (Wildman–Crippen LogP) is 5.43. The van der Waals surface area contributed by atoms with Crippen molar-refractivity contribution in [1.82, 2.24) is 9.47 Å². The number of benzene rings is 2. The van der Waals surface area contributed by atoms with Crippen molar-refractivity contribution in [2.45, 2.75) is 33.2 Å². The van der Waals surface area contributed by atoms with Crippen LogP contribution in [0, 0.1) is 0 Å². The van der Waals surface area contributed by atoms with Crippen molar-refractivity contribution < 1.29 is 14.3 Å². The average molecular weight is 420 g/mol. The quantitative estimate of drug-likeness (QED) is 0.470. The molecule has 162 valence electrons. The number of fused-ring (bicyclic) bond motifs is 1. The van der Waals surface area contributed by atoms with Crippen molar-refractivity contribution in [1.29, 1.82) is 0 Å². The molecule has 0 saturated heterocycles. The van der Waals surface area contributed by atoms with Gasteiger partial charge in [-0.15, -0.1) is 6.58 Å². The zero-order valence-corrected chi connectivity index (χ0v) is 18.1. The van der Waals surface area contributed by atoms with Gasteiger partial charge in [0.1, 0.15) is 0 Å². The summed E-state index contributed by atoms with van der Waals surface area (Å²) in [5.74, 6) is 0.192. The summed E-state index contributed by atoms with van der Waals surface area (Å²) >= 11 is 0. The van der Waals surface area contributed by atoms with Crippen LogP contribution in [0.5, 0.6) is 5.75 Å². The largest absolute Gasteiger partial charge is 0.415 e. The summed E-state index contributed by atoms with van der Waals surface area (Å²) in [4.78, 5) is 26.6. The van der Waals surface area contributed by atoms with E-state index in [2.05, 4.69) is 28.6 Å². The first-order chi connectivity index (χ1) is 15.1.